The smallest absolute Gasteiger partial charge is 0.135 e. The predicted molar refractivity (Wildman–Crippen MR) is 72.6 cm³/mol. The van der Waals surface area contributed by atoms with E-state index in [4.69, 9.17) is 23.2 Å². The Hall–Kier alpha value is -1.10. The molecular weight excluding hydrogens is 271 g/mol. The highest BCUT2D eigenvalue weighted by molar-refractivity contribution is 6.32. The standard InChI is InChI=1S/C12H14Cl2N4/c1-17(6-9-5-15-18(2)7-9)8-10-3-4-11(13)16-12(10)14/h3-5,7H,6,8H2,1-2H3. The van der Waals surface area contributed by atoms with E-state index in [1.54, 1.807) is 10.7 Å². The summed E-state index contributed by atoms with van der Waals surface area (Å²) in [7, 11) is 3.93. The van der Waals surface area contributed by atoms with Crippen molar-refractivity contribution < 1.29 is 0 Å². The first-order valence-corrected chi connectivity index (χ1v) is 6.27. The first-order valence-electron chi connectivity index (χ1n) is 5.51. The highest BCUT2D eigenvalue weighted by Crippen LogP contribution is 2.18. The zero-order valence-corrected chi connectivity index (χ0v) is 11.8. The van der Waals surface area contributed by atoms with Crippen LogP contribution in [0.5, 0.6) is 0 Å². The van der Waals surface area contributed by atoms with Gasteiger partial charge in [-0.05, 0) is 13.1 Å². The molecule has 0 aromatic carbocycles. The maximum Gasteiger partial charge on any atom is 0.135 e. The number of hydrogen-bond acceptors (Lipinski definition) is 3. The predicted octanol–water partition coefficient (Wildman–Crippen LogP) is 2.75. The van der Waals surface area contributed by atoms with Gasteiger partial charge in [0.1, 0.15) is 10.3 Å². The number of aryl methyl sites for hydroxylation is 1. The Bertz CT molecular complexity index is 539. The van der Waals surface area contributed by atoms with Crippen LogP contribution < -0.4 is 0 Å². The summed E-state index contributed by atoms with van der Waals surface area (Å²) in [5.41, 5.74) is 2.13. The van der Waals surface area contributed by atoms with Gasteiger partial charge >= 0.3 is 0 Å². The number of rotatable bonds is 4. The summed E-state index contributed by atoms with van der Waals surface area (Å²) < 4.78 is 1.79. The lowest BCUT2D eigenvalue weighted by Gasteiger charge is -2.16. The average Bonchev–Trinajstić information content (AvgIpc) is 2.68. The largest absolute Gasteiger partial charge is 0.298 e. The van der Waals surface area contributed by atoms with E-state index in [1.807, 2.05) is 32.6 Å². The molecule has 0 aliphatic rings. The zero-order valence-electron chi connectivity index (χ0n) is 10.3. The van der Waals surface area contributed by atoms with Gasteiger partial charge in [-0.2, -0.15) is 5.10 Å². The van der Waals surface area contributed by atoms with Gasteiger partial charge in [0.25, 0.3) is 0 Å². The molecule has 96 valence electrons. The van der Waals surface area contributed by atoms with Gasteiger partial charge in [-0.3, -0.25) is 9.58 Å². The van der Waals surface area contributed by atoms with E-state index in [2.05, 4.69) is 15.0 Å². The molecule has 0 aliphatic heterocycles. The highest BCUT2D eigenvalue weighted by Gasteiger charge is 2.07. The van der Waals surface area contributed by atoms with E-state index in [-0.39, 0.29) is 0 Å². The number of halogens is 2. The van der Waals surface area contributed by atoms with Crippen LogP contribution in [0, 0.1) is 0 Å². The van der Waals surface area contributed by atoms with Gasteiger partial charge in [0.15, 0.2) is 0 Å². The third-order valence-corrected chi connectivity index (χ3v) is 3.08. The second-order valence-electron chi connectivity index (χ2n) is 4.28. The third kappa shape index (κ3) is 3.45. The molecular formula is C12H14Cl2N4. The van der Waals surface area contributed by atoms with E-state index in [9.17, 15) is 0 Å². The van der Waals surface area contributed by atoms with Crippen molar-refractivity contribution in [3.05, 3.63) is 46.0 Å². The lowest BCUT2D eigenvalue weighted by molar-refractivity contribution is 0.318. The first kappa shape index (κ1) is 13.3. The zero-order chi connectivity index (χ0) is 13.1. The fourth-order valence-corrected chi connectivity index (χ4v) is 2.18. The fraction of sp³-hybridized carbons (Fsp3) is 0.333. The summed E-state index contributed by atoms with van der Waals surface area (Å²) in [6.45, 7) is 1.53. The number of nitrogens with zero attached hydrogens (tertiary/aromatic N) is 4. The molecule has 2 aromatic rings. The molecule has 6 heteroatoms. The van der Waals surface area contributed by atoms with E-state index in [0.717, 1.165) is 24.2 Å². The van der Waals surface area contributed by atoms with E-state index in [0.29, 0.717) is 10.3 Å². The fourth-order valence-electron chi connectivity index (χ4n) is 1.77. The van der Waals surface area contributed by atoms with Crippen LogP contribution in [0.25, 0.3) is 0 Å². The van der Waals surface area contributed by atoms with Crippen LogP contribution in [0.3, 0.4) is 0 Å². The maximum atomic E-state index is 6.04. The summed E-state index contributed by atoms with van der Waals surface area (Å²) >= 11 is 11.8. The molecule has 2 heterocycles. The molecule has 18 heavy (non-hydrogen) atoms. The maximum absolute atomic E-state index is 6.04. The van der Waals surface area contributed by atoms with Gasteiger partial charge in [0, 0.05) is 37.5 Å². The van der Waals surface area contributed by atoms with Crippen molar-refractivity contribution in [2.45, 2.75) is 13.1 Å². The van der Waals surface area contributed by atoms with Crippen molar-refractivity contribution in [3.8, 4) is 0 Å². The first-order chi connectivity index (χ1) is 8.54. The molecule has 0 atom stereocenters. The van der Waals surface area contributed by atoms with Gasteiger partial charge in [0.05, 0.1) is 6.20 Å². The second kappa shape index (κ2) is 5.69. The van der Waals surface area contributed by atoms with Crippen LogP contribution >= 0.6 is 23.2 Å². The van der Waals surface area contributed by atoms with Crippen LogP contribution in [-0.2, 0) is 20.1 Å². The molecule has 0 unspecified atom stereocenters. The Morgan fingerprint density at radius 1 is 1.28 bits per heavy atom. The molecule has 0 amide bonds. The SMILES string of the molecule is CN(Cc1cnn(C)c1)Cc1ccc(Cl)nc1Cl. The van der Waals surface area contributed by atoms with Crippen LogP contribution in [0.4, 0.5) is 0 Å². The average molecular weight is 285 g/mol. The van der Waals surface area contributed by atoms with E-state index >= 15 is 0 Å². The van der Waals surface area contributed by atoms with Gasteiger partial charge < -0.3 is 0 Å². The second-order valence-corrected chi connectivity index (χ2v) is 5.02. The lowest BCUT2D eigenvalue weighted by atomic mass is 10.2. The van der Waals surface area contributed by atoms with Crippen molar-refractivity contribution in [1.29, 1.82) is 0 Å². The molecule has 0 saturated heterocycles. The Labute approximate surface area is 116 Å². The molecule has 0 radical (unpaired) electrons. The van der Waals surface area contributed by atoms with Gasteiger partial charge in [0.2, 0.25) is 0 Å². The summed E-state index contributed by atoms with van der Waals surface area (Å²) in [4.78, 5) is 6.17. The summed E-state index contributed by atoms with van der Waals surface area (Å²) in [5.74, 6) is 0. The topological polar surface area (TPSA) is 34.0 Å². The number of hydrogen-bond donors (Lipinski definition) is 0. The van der Waals surface area contributed by atoms with Gasteiger partial charge in [-0.1, -0.05) is 29.3 Å². The summed E-state index contributed by atoms with van der Waals surface area (Å²) in [5, 5.41) is 5.01. The number of pyridine rings is 1. The molecule has 0 N–H and O–H groups in total. The monoisotopic (exact) mass is 284 g/mol. The van der Waals surface area contributed by atoms with Crippen molar-refractivity contribution in [1.82, 2.24) is 19.7 Å². The molecule has 0 saturated carbocycles. The Morgan fingerprint density at radius 2 is 2.06 bits per heavy atom. The van der Waals surface area contributed by atoms with Crippen LogP contribution in [-0.4, -0.2) is 26.7 Å². The molecule has 4 nitrogen and oxygen atoms in total. The molecule has 2 rings (SSSR count). The minimum absolute atomic E-state index is 0.415. The molecule has 0 fully saturated rings. The Morgan fingerprint density at radius 3 is 2.67 bits per heavy atom. The van der Waals surface area contributed by atoms with E-state index < -0.39 is 0 Å². The minimum Gasteiger partial charge on any atom is -0.298 e. The van der Waals surface area contributed by atoms with Crippen LogP contribution in [0.1, 0.15) is 11.1 Å². The van der Waals surface area contributed by atoms with Crippen LogP contribution in [0.2, 0.25) is 10.3 Å². The third-order valence-electron chi connectivity index (χ3n) is 2.54. The minimum atomic E-state index is 0.415. The summed E-state index contributed by atoms with van der Waals surface area (Å²) in [6.07, 6.45) is 3.86. The van der Waals surface area contributed by atoms with Gasteiger partial charge in [-0.25, -0.2) is 4.98 Å². The molecule has 0 spiro atoms. The highest BCUT2D eigenvalue weighted by atomic mass is 35.5. The number of aromatic nitrogens is 3. The molecule has 2 aromatic heterocycles. The van der Waals surface area contributed by atoms with Crippen molar-refractivity contribution >= 4 is 23.2 Å². The van der Waals surface area contributed by atoms with E-state index in [1.165, 1.54) is 0 Å². The molecule has 0 bridgehead atoms. The quantitative estimate of drug-likeness (QED) is 0.810. The van der Waals surface area contributed by atoms with Crippen molar-refractivity contribution in [3.63, 3.8) is 0 Å². The summed E-state index contributed by atoms with van der Waals surface area (Å²) in [6, 6.07) is 3.65. The Kier molecular flexibility index (Phi) is 4.22. The Balaban J connectivity index is 2.00. The molecule has 0 aliphatic carbocycles. The lowest BCUT2D eigenvalue weighted by Crippen LogP contribution is -2.17. The van der Waals surface area contributed by atoms with Gasteiger partial charge in [-0.15, -0.1) is 0 Å². The van der Waals surface area contributed by atoms with Crippen molar-refractivity contribution in [2.24, 2.45) is 7.05 Å². The van der Waals surface area contributed by atoms with Crippen molar-refractivity contribution in [2.75, 3.05) is 7.05 Å². The normalized spacial score (nSPS) is 11.2. The van der Waals surface area contributed by atoms with Crippen LogP contribution in [0.15, 0.2) is 24.5 Å².